The first kappa shape index (κ1) is 29.1. The second-order valence-corrected chi connectivity index (χ2v) is 13.8. The third kappa shape index (κ3) is 5.97. The molecule has 2 unspecified atom stereocenters. The molecule has 214 valence electrons. The Labute approximate surface area is 239 Å². The van der Waals surface area contributed by atoms with Gasteiger partial charge in [-0.1, -0.05) is 23.8 Å². The van der Waals surface area contributed by atoms with E-state index in [4.69, 9.17) is 30.7 Å². The minimum absolute atomic E-state index is 0.0734. The minimum atomic E-state index is -0.541. The van der Waals surface area contributed by atoms with E-state index in [-0.39, 0.29) is 11.8 Å². The van der Waals surface area contributed by atoms with Crippen LogP contribution in [0.1, 0.15) is 92.4 Å². The van der Waals surface area contributed by atoms with Gasteiger partial charge in [0.15, 0.2) is 6.23 Å². The molecule has 2 aromatic rings. The van der Waals surface area contributed by atoms with Crippen LogP contribution in [0.3, 0.4) is 0 Å². The van der Waals surface area contributed by atoms with Crippen LogP contribution in [0.5, 0.6) is 0 Å². The summed E-state index contributed by atoms with van der Waals surface area (Å²) in [6, 6.07) is 2.57. The van der Waals surface area contributed by atoms with E-state index in [0.29, 0.717) is 11.1 Å². The van der Waals surface area contributed by atoms with Crippen LogP contribution in [0.15, 0.2) is 18.3 Å². The largest absolute Gasteiger partial charge is 0.496 e. The molecule has 39 heavy (non-hydrogen) atoms. The van der Waals surface area contributed by atoms with Crippen molar-refractivity contribution in [2.45, 2.75) is 110 Å². The molecule has 5 rings (SSSR count). The number of halogens is 1. The maximum Gasteiger partial charge on any atom is 0.496 e. The van der Waals surface area contributed by atoms with Crippen LogP contribution >= 0.6 is 11.6 Å². The number of ether oxygens (including phenoxy) is 1. The topological polar surface area (TPSA) is 60.8 Å². The first-order valence-electron chi connectivity index (χ1n) is 14.7. The summed E-state index contributed by atoms with van der Waals surface area (Å²) in [7, 11) is -0.541. The maximum atomic E-state index is 7.01. The number of likely N-dealkylation sites (tertiary alicyclic amines) is 1. The number of hydrogen-bond donors (Lipinski definition) is 1. The molecule has 1 aromatic carbocycles. The van der Waals surface area contributed by atoms with E-state index in [9.17, 15) is 0 Å². The Kier molecular flexibility index (Phi) is 8.28. The summed E-state index contributed by atoms with van der Waals surface area (Å²) in [6.45, 7) is 19.2. The van der Waals surface area contributed by atoms with E-state index < -0.39 is 18.3 Å². The molecule has 0 radical (unpaired) electrons. The molecular formula is C30H46BClN4O3. The van der Waals surface area contributed by atoms with Gasteiger partial charge in [-0.15, -0.1) is 0 Å². The first-order chi connectivity index (χ1) is 18.4. The van der Waals surface area contributed by atoms with E-state index in [1.54, 1.807) is 0 Å². The molecule has 2 atom stereocenters. The summed E-state index contributed by atoms with van der Waals surface area (Å²) in [5.41, 5.74) is 2.15. The molecule has 0 bridgehead atoms. The Morgan fingerprint density at radius 1 is 1.15 bits per heavy atom. The predicted octanol–water partition coefficient (Wildman–Crippen LogP) is 5.55. The van der Waals surface area contributed by atoms with Crippen molar-refractivity contribution in [2.75, 3.05) is 26.2 Å². The molecule has 3 fully saturated rings. The highest BCUT2D eigenvalue weighted by Crippen LogP contribution is 2.39. The van der Waals surface area contributed by atoms with Crippen LogP contribution in [0.2, 0.25) is 5.02 Å². The van der Waals surface area contributed by atoms with Gasteiger partial charge in [-0.25, -0.2) is 4.68 Å². The van der Waals surface area contributed by atoms with Crippen molar-refractivity contribution in [1.82, 2.24) is 20.0 Å². The van der Waals surface area contributed by atoms with Gasteiger partial charge in [0.05, 0.1) is 22.9 Å². The summed E-state index contributed by atoms with van der Waals surface area (Å²) in [6.07, 6.45) is 11.5. The highest BCUT2D eigenvalue weighted by Gasteiger charge is 2.53. The predicted molar refractivity (Wildman–Crippen MR) is 161 cm³/mol. The van der Waals surface area contributed by atoms with Crippen molar-refractivity contribution in [2.24, 2.45) is 0 Å². The van der Waals surface area contributed by atoms with E-state index in [2.05, 4.69) is 70.8 Å². The van der Waals surface area contributed by atoms with Crippen molar-refractivity contribution in [1.29, 1.82) is 0 Å². The fourth-order valence-electron chi connectivity index (χ4n) is 5.83. The molecule has 0 saturated carbocycles. The van der Waals surface area contributed by atoms with Crippen LogP contribution in [-0.2, 0) is 14.0 Å². The fourth-order valence-corrected chi connectivity index (χ4v) is 6.10. The number of benzene rings is 1. The number of nitrogens with zero attached hydrogens (tertiary/aromatic N) is 3. The van der Waals surface area contributed by atoms with Crippen LogP contribution in [-0.4, -0.2) is 70.8 Å². The lowest BCUT2D eigenvalue weighted by molar-refractivity contribution is -0.0366. The standard InChI is InChI=1S/C30H46BClN4O3/c1-28(2,3)35-16-14-21(20-35)33-15-10-8-12-22-24(32)18-25-23(19-34-36(25)26-13-9-11-17-37-26)27(22)31-38-29(4,5)30(6,7)39-31/h8,12,18-19,21,26,33H,9-11,13-17,20H2,1-7H3/b12-8-. The summed E-state index contributed by atoms with van der Waals surface area (Å²) < 4.78 is 21.1. The molecule has 1 N–H and O–H groups in total. The SMILES string of the molecule is CC(C)(C)N1CCC(NCC/C=C\c2c(Cl)cc3c(cnn3C3CCCCO3)c2B2OC(C)(C)C(C)(C)O2)C1. The molecule has 7 nitrogen and oxygen atoms in total. The Morgan fingerprint density at radius 2 is 1.90 bits per heavy atom. The van der Waals surface area contributed by atoms with Gasteiger partial charge < -0.3 is 19.4 Å². The van der Waals surface area contributed by atoms with Gasteiger partial charge in [-0.2, -0.15) is 5.10 Å². The normalized spacial score (nSPS) is 25.9. The molecule has 0 amide bonds. The average molecular weight is 557 g/mol. The lowest BCUT2D eigenvalue weighted by Gasteiger charge is -2.32. The van der Waals surface area contributed by atoms with E-state index in [1.807, 2.05) is 16.9 Å². The zero-order valence-electron chi connectivity index (χ0n) is 24.8. The van der Waals surface area contributed by atoms with E-state index in [0.717, 1.165) is 73.9 Å². The van der Waals surface area contributed by atoms with Crippen molar-refractivity contribution < 1.29 is 14.0 Å². The third-order valence-corrected chi connectivity index (χ3v) is 9.33. The van der Waals surface area contributed by atoms with Gasteiger partial charge in [0.1, 0.15) is 0 Å². The van der Waals surface area contributed by atoms with Gasteiger partial charge in [0.2, 0.25) is 0 Å². The Hall–Kier alpha value is -1.42. The van der Waals surface area contributed by atoms with Gasteiger partial charge in [-0.05, 0) is 98.7 Å². The Bertz CT molecular complexity index is 1180. The lowest BCUT2D eigenvalue weighted by atomic mass is 9.73. The number of aromatic nitrogens is 2. The second-order valence-electron chi connectivity index (χ2n) is 13.4. The molecule has 3 aliphatic heterocycles. The highest BCUT2D eigenvalue weighted by molar-refractivity contribution is 6.66. The van der Waals surface area contributed by atoms with Crippen LogP contribution in [0.4, 0.5) is 0 Å². The number of rotatable bonds is 7. The number of nitrogens with one attached hydrogen (secondary N) is 1. The highest BCUT2D eigenvalue weighted by atomic mass is 35.5. The number of fused-ring (bicyclic) bond motifs is 1. The smallest absolute Gasteiger partial charge is 0.399 e. The number of hydrogen-bond acceptors (Lipinski definition) is 6. The molecule has 1 aromatic heterocycles. The molecule has 0 aliphatic carbocycles. The average Bonchev–Trinajstić information content (AvgIpc) is 3.55. The zero-order valence-corrected chi connectivity index (χ0v) is 25.6. The minimum Gasteiger partial charge on any atom is -0.399 e. The first-order valence-corrected chi connectivity index (χ1v) is 15.1. The van der Waals surface area contributed by atoms with Crippen molar-refractivity contribution >= 4 is 41.2 Å². The van der Waals surface area contributed by atoms with Crippen LogP contribution in [0.25, 0.3) is 17.0 Å². The molecule has 9 heteroatoms. The fraction of sp³-hybridized carbons (Fsp3) is 0.700. The van der Waals surface area contributed by atoms with E-state index in [1.165, 1.54) is 6.42 Å². The summed E-state index contributed by atoms with van der Waals surface area (Å²) in [5, 5.41) is 10.2. The quantitative estimate of drug-likeness (QED) is 0.356. The zero-order chi connectivity index (χ0) is 28.0. The lowest BCUT2D eigenvalue weighted by Crippen LogP contribution is -2.42. The van der Waals surface area contributed by atoms with Crippen LogP contribution in [0, 0.1) is 0 Å². The van der Waals surface area contributed by atoms with Crippen molar-refractivity contribution in [3.8, 4) is 0 Å². The Morgan fingerprint density at radius 3 is 2.54 bits per heavy atom. The summed E-state index contributed by atoms with van der Waals surface area (Å²) in [4.78, 5) is 2.56. The molecule has 4 heterocycles. The monoisotopic (exact) mass is 556 g/mol. The third-order valence-electron chi connectivity index (χ3n) is 9.02. The van der Waals surface area contributed by atoms with Gasteiger partial charge in [0.25, 0.3) is 0 Å². The molecule has 3 saturated heterocycles. The van der Waals surface area contributed by atoms with Gasteiger partial charge in [0, 0.05) is 47.1 Å². The second kappa shape index (κ2) is 11.1. The van der Waals surface area contributed by atoms with Crippen molar-refractivity contribution in [3.63, 3.8) is 0 Å². The molecule has 3 aliphatic rings. The summed E-state index contributed by atoms with van der Waals surface area (Å²) in [5.74, 6) is 0. The maximum absolute atomic E-state index is 7.01. The van der Waals surface area contributed by atoms with E-state index >= 15 is 0 Å². The van der Waals surface area contributed by atoms with Crippen LogP contribution < -0.4 is 10.8 Å². The molecule has 0 spiro atoms. The Balaban J connectivity index is 1.39. The van der Waals surface area contributed by atoms with Gasteiger partial charge >= 0.3 is 7.12 Å². The summed E-state index contributed by atoms with van der Waals surface area (Å²) >= 11 is 7.01. The van der Waals surface area contributed by atoms with Crippen molar-refractivity contribution in [3.05, 3.63) is 28.9 Å². The molecular weight excluding hydrogens is 511 g/mol. The van der Waals surface area contributed by atoms with Gasteiger partial charge in [-0.3, -0.25) is 4.90 Å².